The molecular formula is C6H3BClF. The standard InChI is InChI=1S/C6H3BClF/c7-4-1-2-6(9)5(8)3-4/h1-3H. The van der Waals surface area contributed by atoms with Crippen LogP contribution in [0.15, 0.2) is 18.2 Å². The molecule has 0 aliphatic rings. The molecule has 0 fully saturated rings. The van der Waals surface area contributed by atoms with E-state index in [0.29, 0.717) is 5.46 Å². The molecule has 0 saturated heterocycles. The second kappa shape index (κ2) is 2.40. The van der Waals surface area contributed by atoms with Gasteiger partial charge < -0.3 is 0 Å². The van der Waals surface area contributed by atoms with Crippen molar-refractivity contribution in [1.29, 1.82) is 0 Å². The summed E-state index contributed by atoms with van der Waals surface area (Å²) in [7, 11) is 5.28. The molecule has 0 saturated carbocycles. The zero-order valence-electron chi connectivity index (χ0n) is 4.57. The fraction of sp³-hybridized carbons (Fsp3) is 0. The van der Waals surface area contributed by atoms with Crippen molar-refractivity contribution in [1.82, 2.24) is 0 Å². The van der Waals surface area contributed by atoms with Crippen molar-refractivity contribution in [2.45, 2.75) is 0 Å². The summed E-state index contributed by atoms with van der Waals surface area (Å²) in [6, 6.07) is 4.07. The molecule has 3 heteroatoms. The molecule has 0 nitrogen and oxygen atoms in total. The van der Waals surface area contributed by atoms with Gasteiger partial charge in [-0.3, -0.25) is 0 Å². The molecule has 0 amide bonds. The summed E-state index contributed by atoms with van der Waals surface area (Å²) in [6.07, 6.45) is 0. The first-order valence-corrected chi connectivity index (χ1v) is 2.78. The topological polar surface area (TPSA) is 0 Å². The summed E-state index contributed by atoms with van der Waals surface area (Å²) < 4.78 is 12.3. The third kappa shape index (κ3) is 1.45. The van der Waals surface area contributed by atoms with Crippen molar-refractivity contribution < 1.29 is 4.39 Å². The Kier molecular flexibility index (Phi) is 1.77. The van der Waals surface area contributed by atoms with Gasteiger partial charge in [0.15, 0.2) is 0 Å². The molecule has 0 N–H and O–H groups in total. The lowest BCUT2D eigenvalue weighted by Crippen LogP contribution is -2.00. The molecular weight excluding hydrogens is 137 g/mol. The summed E-state index contributed by atoms with van der Waals surface area (Å²) in [4.78, 5) is 0. The maximum absolute atomic E-state index is 12.3. The Morgan fingerprint density at radius 1 is 1.44 bits per heavy atom. The Morgan fingerprint density at radius 3 is 2.56 bits per heavy atom. The van der Waals surface area contributed by atoms with Gasteiger partial charge in [0.05, 0.1) is 5.02 Å². The van der Waals surface area contributed by atoms with Crippen LogP contribution in [0, 0.1) is 5.82 Å². The molecule has 1 aromatic carbocycles. The lowest BCUT2D eigenvalue weighted by atomic mass is 9.97. The molecule has 0 heterocycles. The molecule has 1 aromatic rings. The van der Waals surface area contributed by atoms with Crippen molar-refractivity contribution in [3.8, 4) is 0 Å². The monoisotopic (exact) mass is 140 g/mol. The molecule has 0 atom stereocenters. The fourth-order valence-corrected chi connectivity index (χ4v) is 0.701. The average molecular weight is 140 g/mol. The van der Waals surface area contributed by atoms with Crippen molar-refractivity contribution in [2.75, 3.05) is 0 Å². The van der Waals surface area contributed by atoms with Crippen LogP contribution in [0.3, 0.4) is 0 Å². The molecule has 0 bridgehead atoms. The van der Waals surface area contributed by atoms with E-state index in [1.54, 1.807) is 0 Å². The SMILES string of the molecule is [B]c1ccc(F)c(Cl)c1. The molecule has 1 rings (SSSR count). The Bertz CT molecular complexity index is 224. The molecule has 0 aromatic heterocycles. The van der Waals surface area contributed by atoms with Crippen LogP contribution in [0.5, 0.6) is 0 Å². The normalized spacial score (nSPS) is 9.56. The van der Waals surface area contributed by atoms with Gasteiger partial charge in [0.25, 0.3) is 0 Å². The first-order valence-electron chi connectivity index (χ1n) is 2.40. The molecule has 44 valence electrons. The smallest absolute Gasteiger partial charge is 0.141 e. The van der Waals surface area contributed by atoms with Crippen LogP contribution in [0.1, 0.15) is 0 Å². The highest BCUT2D eigenvalue weighted by molar-refractivity contribution is 6.36. The van der Waals surface area contributed by atoms with Gasteiger partial charge in [0.1, 0.15) is 13.7 Å². The fourth-order valence-electron chi connectivity index (χ4n) is 0.512. The first kappa shape index (κ1) is 6.62. The highest BCUT2D eigenvalue weighted by Crippen LogP contribution is 2.09. The van der Waals surface area contributed by atoms with E-state index in [1.807, 2.05) is 0 Å². The van der Waals surface area contributed by atoms with E-state index in [1.165, 1.54) is 18.2 Å². The van der Waals surface area contributed by atoms with Crippen molar-refractivity contribution in [2.24, 2.45) is 0 Å². The second-order valence-electron chi connectivity index (χ2n) is 1.67. The van der Waals surface area contributed by atoms with Crippen molar-refractivity contribution >= 4 is 24.9 Å². The van der Waals surface area contributed by atoms with Gasteiger partial charge in [-0.25, -0.2) is 4.39 Å². The lowest BCUT2D eigenvalue weighted by molar-refractivity contribution is 0.628. The highest BCUT2D eigenvalue weighted by Gasteiger charge is 1.95. The Labute approximate surface area is 59.1 Å². The summed E-state index contributed by atoms with van der Waals surface area (Å²) in [5.74, 6) is -0.439. The number of halogens is 2. The molecule has 0 unspecified atom stereocenters. The number of hydrogen-bond donors (Lipinski definition) is 0. The number of benzene rings is 1. The maximum Gasteiger partial charge on any atom is 0.141 e. The van der Waals surface area contributed by atoms with Gasteiger partial charge in [-0.1, -0.05) is 23.1 Å². The van der Waals surface area contributed by atoms with E-state index in [4.69, 9.17) is 19.4 Å². The molecule has 0 aliphatic heterocycles. The zero-order valence-corrected chi connectivity index (χ0v) is 5.32. The van der Waals surface area contributed by atoms with Gasteiger partial charge in [-0.15, -0.1) is 0 Å². The van der Waals surface area contributed by atoms with E-state index >= 15 is 0 Å². The van der Waals surface area contributed by atoms with Crippen LogP contribution in [0.25, 0.3) is 0 Å². The third-order valence-electron chi connectivity index (χ3n) is 0.944. The predicted octanol–water partition coefficient (Wildman–Crippen LogP) is 1.27. The third-order valence-corrected chi connectivity index (χ3v) is 1.23. The zero-order chi connectivity index (χ0) is 6.85. The summed E-state index contributed by atoms with van der Waals surface area (Å²) in [6.45, 7) is 0. The van der Waals surface area contributed by atoms with E-state index in [2.05, 4.69) is 0 Å². The second-order valence-corrected chi connectivity index (χ2v) is 2.08. The van der Waals surface area contributed by atoms with E-state index < -0.39 is 5.82 Å². The summed E-state index contributed by atoms with van der Waals surface area (Å²) in [5, 5.41) is 0.0648. The largest absolute Gasteiger partial charge is 0.205 e. The van der Waals surface area contributed by atoms with Crippen LogP contribution in [0.4, 0.5) is 4.39 Å². The minimum Gasteiger partial charge on any atom is -0.205 e. The van der Waals surface area contributed by atoms with E-state index in [0.717, 1.165) is 0 Å². The van der Waals surface area contributed by atoms with Gasteiger partial charge in [-0.2, -0.15) is 0 Å². The Morgan fingerprint density at radius 2 is 2.11 bits per heavy atom. The molecule has 9 heavy (non-hydrogen) atoms. The van der Waals surface area contributed by atoms with Crippen molar-refractivity contribution in [3.05, 3.63) is 29.0 Å². The van der Waals surface area contributed by atoms with Crippen LogP contribution in [-0.4, -0.2) is 7.85 Å². The quantitative estimate of drug-likeness (QED) is 0.476. The summed E-state index contributed by atoms with van der Waals surface area (Å²) in [5.41, 5.74) is 0.474. The van der Waals surface area contributed by atoms with Gasteiger partial charge in [-0.05, 0) is 12.1 Å². The van der Waals surface area contributed by atoms with E-state index in [9.17, 15) is 4.39 Å². The van der Waals surface area contributed by atoms with Gasteiger partial charge in [0.2, 0.25) is 0 Å². The van der Waals surface area contributed by atoms with Crippen LogP contribution >= 0.6 is 11.6 Å². The molecule has 0 spiro atoms. The average Bonchev–Trinajstić information content (AvgIpc) is 1.80. The highest BCUT2D eigenvalue weighted by atomic mass is 35.5. The first-order chi connectivity index (χ1) is 4.20. The minimum atomic E-state index is -0.439. The predicted molar refractivity (Wildman–Crippen MR) is 36.8 cm³/mol. The van der Waals surface area contributed by atoms with Crippen LogP contribution < -0.4 is 5.46 Å². The summed E-state index contributed by atoms with van der Waals surface area (Å²) >= 11 is 5.36. The van der Waals surface area contributed by atoms with E-state index in [-0.39, 0.29) is 5.02 Å². The molecule has 2 radical (unpaired) electrons. The minimum absolute atomic E-state index is 0.0648. The Hall–Kier alpha value is -0.495. The van der Waals surface area contributed by atoms with Crippen LogP contribution in [0.2, 0.25) is 5.02 Å². The Balaban J connectivity index is 3.17. The lowest BCUT2D eigenvalue weighted by Gasteiger charge is -1.93. The number of hydrogen-bond acceptors (Lipinski definition) is 0. The number of rotatable bonds is 0. The maximum atomic E-state index is 12.3. The van der Waals surface area contributed by atoms with Gasteiger partial charge >= 0.3 is 0 Å². The van der Waals surface area contributed by atoms with Crippen molar-refractivity contribution in [3.63, 3.8) is 0 Å². The van der Waals surface area contributed by atoms with Crippen LogP contribution in [-0.2, 0) is 0 Å². The van der Waals surface area contributed by atoms with Gasteiger partial charge in [0, 0.05) is 0 Å². The molecule has 0 aliphatic carbocycles.